The van der Waals surface area contributed by atoms with Gasteiger partial charge in [0.15, 0.2) is 5.65 Å². The SMILES string of the molecule is COCCCOc1ccc(-c2cn3c(O)c(Cc4ccccc4)nc3cn2)cc1. The molecule has 29 heavy (non-hydrogen) atoms. The van der Waals surface area contributed by atoms with Crippen molar-refractivity contribution >= 4 is 5.65 Å². The number of hydrogen-bond acceptors (Lipinski definition) is 5. The van der Waals surface area contributed by atoms with E-state index in [1.807, 2.05) is 54.6 Å². The fourth-order valence-electron chi connectivity index (χ4n) is 3.16. The Bertz CT molecular complexity index is 1080. The highest BCUT2D eigenvalue weighted by Crippen LogP contribution is 2.26. The third kappa shape index (κ3) is 4.38. The molecule has 2 aromatic carbocycles. The molecule has 1 N–H and O–H groups in total. The highest BCUT2D eigenvalue weighted by molar-refractivity contribution is 5.61. The Labute approximate surface area is 169 Å². The van der Waals surface area contributed by atoms with Gasteiger partial charge in [-0.05, 0) is 29.8 Å². The molecule has 0 saturated carbocycles. The van der Waals surface area contributed by atoms with Crippen molar-refractivity contribution in [2.45, 2.75) is 12.8 Å². The minimum absolute atomic E-state index is 0.144. The monoisotopic (exact) mass is 389 g/mol. The van der Waals surface area contributed by atoms with Crippen molar-refractivity contribution in [1.29, 1.82) is 0 Å². The molecule has 0 atom stereocenters. The summed E-state index contributed by atoms with van der Waals surface area (Å²) in [5.41, 5.74) is 4.04. The van der Waals surface area contributed by atoms with Gasteiger partial charge in [0.2, 0.25) is 5.88 Å². The van der Waals surface area contributed by atoms with Gasteiger partial charge in [0.05, 0.1) is 18.5 Å². The molecule has 6 heteroatoms. The maximum atomic E-state index is 10.6. The number of nitrogens with zero attached hydrogens (tertiary/aromatic N) is 3. The van der Waals surface area contributed by atoms with E-state index in [4.69, 9.17) is 9.47 Å². The lowest BCUT2D eigenvalue weighted by molar-refractivity contribution is 0.172. The molecule has 0 radical (unpaired) electrons. The summed E-state index contributed by atoms with van der Waals surface area (Å²) in [5.74, 6) is 0.951. The Morgan fingerprint density at radius 2 is 1.79 bits per heavy atom. The summed E-state index contributed by atoms with van der Waals surface area (Å²) in [4.78, 5) is 9.03. The molecule has 0 aliphatic heterocycles. The fraction of sp³-hybridized carbons (Fsp3) is 0.217. The topological polar surface area (TPSA) is 68.9 Å². The Morgan fingerprint density at radius 3 is 2.55 bits per heavy atom. The molecule has 0 fully saturated rings. The van der Waals surface area contributed by atoms with Crippen molar-refractivity contribution in [2.75, 3.05) is 20.3 Å². The lowest BCUT2D eigenvalue weighted by Crippen LogP contribution is -2.01. The van der Waals surface area contributed by atoms with Crippen LogP contribution in [0.3, 0.4) is 0 Å². The maximum Gasteiger partial charge on any atom is 0.219 e. The maximum absolute atomic E-state index is 10.6. The molecule has 0 spiro atoms. The molecule has 4 rings (SSSR count). The molecule has 0 saturated heterocycles. The highest BCUT2D eigenvalue weighted by Gasteiger charge is 2.13. The van der Waals surface area contributed by atoms with Crippen molar-refractivity contribution in [3.63, 3.8) is 0 Å². The lowest BCUT2D eigenvalue weighted by Gasteiger charge is -2.07. The zero-order valence-corrected chi connectivity index (χ0v) is 16.3. The van der Waals surface area contributed by atoms with E-state index in [0.29, 0.717) is 31.0 Å². The van der Waals surface area contributed by atoms with E-state index in [1.54, 1.807) is 23.9 Å². The van der Waals surface area contributed by atoms with Crippen LogP contribution in [0.15, 0.2) is 67.0 Å². The van der Waals surface area contributed by atoms with Crippen LogP contribution in [0.4, 0.5) is 0 Å². The largest absolute Gasteiger partial charge is 0.494 e. The number of rotatable bonds is 8. The van der Waals surface area contributed by atoms with Gasteiger partial charge in [-0.3, -0.25) is 9.38 Å². The van der Waals surface area contributed by atoms with Gasteiger partial charge in [-0.1, -0.05) is 30.3 Å². The minimum Gasteiger partial charge on any atom is -0.494 e. The standard InChI is InChI=1S/C23H23N3O3/c1-28-12-5-13-29-19-10-8-18(9-11-19)21-16-26-22(15-24-21)25-20(23(26)27)14-17-6-3-2-4-7-17/h2-4,6-11,15-16,27H,5,12-14H2,1H3. The molecule has 0 bridgehead atoms. The number of hydrogen-bond donors (Lipinski definition) is 1. The summed E-state index contributed by atoms with van der Waals surface area (Å²) >= 11 is 0. The molecule has 2 aromatic heterocycles. The first-order chi connectivity index (χ1) is 14.2. The van der Waals surface area contributed by atoms with Crippen molar-refractivity contribution in [1.82, 2.24) is 14.4 Å². The average Bonchev–Trinajstić information content (AvgIpc) is 3.07. The summed E-state index contributed by atoms with van der Waals surface area (Å²) < 4.78 is 12.4. The molecule has 148 valence electrons. The van der Waals surface area contributed by atoms with Crippen molar-refractivity contribution in [3.8, 4) is 22.9 Å². The first kappa shape index (κ1) is 19.0. The number of fused-ring (bicyclic) bond motifs is 1. The quantitative estimate of drug-likeness (QED) is 0.459. The number of aromatic nitrogens is 3. The van der Waals surface area contributed by atoms with Gasteiger partial charge in [0, 0.05) is 38.3 Å². The highest BCUT2D eigenvalue weighted by atomic mass is 16.5. The normalized spacial score (nSPS) is 11.1. The van der Waals surface area contributed by atoms with Crippen LogP contribution in [0, 0.1) is 0 Å². The Hall–Kier alpha value is -3.38. The smallest absolute Gasteiger partial charge is 0.219 e. The van der Waals surface area contributed by atoms with Crippen LogP contribution >= 0.6 is 0 Å². The van der Waals surface area contributed by atoms with Crippen molar-refractivity contribution in [3.05, 3.63) is 78.2 Å². The number of imidazole rings is 1. The van der Waals surface area contributed by atoms with Crippen molar-refractivity contribution < 1.29 is 14.6 Å². The number of aromatic hydroxyl groups is 1. The summed E-state index contributed by atoms with van der Waals surface area (Å²) in [6, 6.07) is 17.7. The first-order valence-corrected chi connectivity index (χ1v) is 9.56. The van der Waals surface area contributed by atoms with Gasteiger partial charge in [-0.2, -0.15) is 0 Å². The van der Waals surface area contributed by atoms with Gasteiger partial charge >= 0.3 is 0 Å². The molecule has 0 amide bonds. The van der Waals surface area contributed by atoms with E-state index < -0.39 is 0 Å². The van der Waals surface area contributed by atoms with Crippen LogP contribution < -0.4 is 4.74 Å². The summed E-state index contributed by atoms with van der Waals surface area (Å²) in [7, 11) is 1.68. The van der Waals surface area contributed by atoms with Crippen LogP contribution in [-0.2, 0) is 11.2 Å². The van der Waals surface area contributed by atoms with Crippen LogP contribution in [0.5, 0.6) is 11.6 Å². The molecular weight excluding hydrogens is 366 g/mol. The summed E-state index contributed by atoms with van der Waals surface area (Å²) in [5, 5.41) is 10.6. The first-order valence-electron chi connectivity index (χ1n) is 9.56. The lowest BCUT2D eigenvalue weighted by atomic mass is 10.1. The molecule has 0 unspecified atom stereocenters. The molecule has 0 aliphatic carbocycles. The minimum atomic E-state index is 0.144. The zero-order valence-electron chi connectivity index (χ0n) is 16.3. The van der Waals surface area contributed by atoms with E-state index in [1.165, 1.54) is 0 Å². The third-order valence-electron chi connectivity index (χ3n) is 4.68. The summed E-state index contributed by atoms with van der Waals surface area (Å²) in [6.07, 6.45) is 4.90. The van der Waals surface area contributed by atoms with Gasteiger partial charge in [-0.25, -0.2) is 4.98 Å². The van der Waals surface area contributed by atoms with E-state index in [2.05, 4.69) is 9.97 Å². The van der Waals surface area contributed by atoms with Crippen LogP contribution in [0.2, 0.25) is 0 Å². The molecular formula is C23H23N3O3. The third-order valence-corrected chi connectivity index (χ3v) is 4.68. The molecule has 4 aromatic rings. The summed E-state index contributed by atoms with van der Waals surface area (Å²) in [6.45, 7) is 1.30. The zero-order chi connectivity index (χ0) is 20.1. The van der Waals surface area contributed by atoms with Crippen LogP contribution in [0.25, 0.3) is 16.9 Å². The van der Waals surface area contributed by atoms with E-state index in [0.717, 1.165) is 29.0 Å². The van der Waals surface area contributed by atoms with Gasteiger partial charge in [0.25, 0.3) is 0 Å². The van der Waals surface area contributed by atoms with Gasteiger partial charge in [0.1, 0.15) is 11.4 Å². The van der Waals surface area contributed by atoms with Crippen LogP contribution in [0.1, 0.15) is 17.7 Å². The molecule has 2 heterocycles. The van der Waals surface area contributed by atoms with E-state index >= 15 is 0 Å². The van der Waals surface area contributed by atoms with E-state index in [-0.39, 0.29) is 5.88 Å². The predicted molar refractivity (Wildman–Crippen MR) is 111 cm³/mol. The number of ether oxygens (including phenoxy) is 2. The Balaban J connectivity index is 1.53. The number of methoxy groups -OCH3 is 1. The second-order valence-electron chi connectivity index (χ2n) is 6.76. The second-order valence-corrected chi connectivity index (χ2v) is 6.76. The van der Waals surface area contributed by atoms with Gasteiger partial charge in [-0.15, -0.1) is 0 Å². The van der Waals surface area contributed by atoms with Gasteiger partial charge < -0.3 is 14.6 Å². The molecule has 6 nitrogen and oxygen atoms in total. The Kier molecular flexibility index (Phi) is 5.72. The van der Waals surface area contributed by atoms with Crippen molar-refractivity contribution in [2.24, 2.45) is 0 Å². The fourth-order valence-corrected chi connectivity index (χ4v) is 3.16. The average molecular weight is 389 g/mol. The number of benzene rings is 2. The van der Waals surface area contributed by atoms with Crippen LogP contribution in [-0.4, -0.2) is 39.8 Å². The molecule has 0 aliphatic rings. The Morgan fingerprint density at radius 1 is 1.00 bits per heavy atom. The van der Waals surface area contributed by atoms with E-state index in [9.17, 15) is 5.11 Å². The second kappa shape index (κ2) is 8.75. The predicted octanol–water partition coefficient (Wildman–Crippen LogP) is 4.11.